The molecule has 0 heterocycles. The zero-order valence-electron chi connectivity index (χ0n) is 14.2. The largest absolute Gasteiger partial charge is 0.492 e. The Hall–Kier alpha value is -2.06. The molecule has 26 heavy (non-hydrogen) atoms. The summed E-state index contributed by atoms with van der Waals surface area (Å²) in [7, 11) is -3.88. The van der Waals surface area contributed by atoms with E-state index in [1.54, 1.807) is 37.3 Å². The highest BCUT2D eigenvalue weighted by Gasteiger charge is 2.24. The van der Waals surface area contributed by atoms with Gasteiger partial charge in [0.15, 0.2) is 0 Å². The summed E-state index contributed by atoms with van der Waals surface area (Å²) in [6.45, 7) is 2.13. The Kier molecular flexibility index (Phi) is 5.52. The predicted octanol–water partition coefficient (Wildman–Crippen LogP) is 3.54. The molecule has 138 valence electrons. The third-order valence-electron chi connectivity index (χ3n) is 3.78. The van der Waals surface area contributed by atoms with Gasteiger partial charge in [-0.05, 0) is 56.2 Å². The van der Waals surface area contributed by atoms with Gasteiger partial charge in [-0.2, -0.15) is 0 Å². The minimum atomic E-state index is -3.88. The van der Waals surface area contributed by atoms with Crippen molar-refractivity contribution in [3.8, 4) is 5.75 Å². The molecule has 3 rings (SSSR count). The van der Waals surface area contributed by atoms with Gasteiger partial charge in [-0.1, -0.05) is 22.0 Å². The van der Waals surface area contributed by atoms with Crippen molar-refractivity contribution in [1.29, 1.82) is 0 Å². The highest BCUT2D eigenvalue weighted by molar-refractivity contribution is 9.10. The molecule has 1 fully saturated rings. The first-order valence-corrected chi connectivity index (χ1v) is 10.5. The second-order valence-corrected chi connectivity index (χ2v) is 8.52. The summed E-state index contributed by atoms with van der Waals surface area (Å²) in [6.07, 6.45) is 1.97. The number of amides is 1. The Morgan fingerprint density at radius 1 is 1.23 bits per heavy atom. The lowest BCUT2D eigenvalue weighted by Gasteiger charge is -2.13. The van der Waals surface area contributed by atoms with Crippen molar-refractivity contribution in [3.63, 3.8) is 0 Å². The van der Waals surface area contributed by atoms with Gasteiger partial charge in [0, 0.05) is 21.8 Å². The van der Waals surface area contributed by atoms with Crippen LogP contribution in [0.25, 0.3) is 0 Å². The molecule has 2 aromatic carbocycles. The van der Waals surface area contributed by atoms with E-state index in [0.29, 0.717) is 22.3 Å². The maximum absolute atomic E-state index is 12.8. The molecule has 0 radical (unpaired) electrons. The van der Waals surface area contributed by atoms with E-state index in [1.807, 2.05) is 0 Å². The third-order valence-corrected chi connectivity index (χ3v) is 5.68. The van der Waals surface area contributed by atoms with E-state index in [9.17, 15) is 13.2 Å². The normalized spacial score (nSPS) is 13.9. The quantitative estimate of drug-likeness (QED) is 0.691. The van der Waals surface area contributed by atoms with Gasteiger partial charge >= 0.3 is 0 Å². The highest BCUT2D eigenvalue weighted by atomic mass is 79.9. The highest BCUT2D eigenvalue weighted by Crippen LogP contribution is 2.29. The third kappa shape index (κ3) is 4.56. The smallest absolute Gasteiger partial charge is 0.265 e. The van der Waals surface area contributed by atoms with Gasteiger partial charge in [0.05, 0.1) is 6.61 Å². The van der Waals surface area contributed by atoms with Crippen molar-refractivity contribution in [2.75, 3.05) is 11.3 Å². The number of benzene rings is 2. The summed E-state index contributed by atoms with van der Waals surface area (Å²) in [4.78, 5) is 12.2. The molecule has 0 aromatic heterocycles. The molecule has 8 heteroatoms. The molecule has 1 amide bonds. The number of anilines is 1. The van der Waals surface area contributed by atoms with Crippen molar-refractivity contribution in [2.24, 2.45) is 0 Å². The van der Waals surface area contributed by atoms with Crippen molar-refractivity contribution in [1.82, 2.24) is 5.32 Å². The maximum atomic E-state index is 12.8. The van der Waals surface area contributed by atoms with Crippen LogP contribution in [0, 0.1) is 0 Å². The minimum Gasteiger partial charge on any atom is -0.492 e. The number of sulfonamides is 1. The number of ether oxygens (including phenoxy) is 1. The SMILES string of the molecule is CCOc1ccc(Br)cc1S(=O)(=O)Nc1cccc(C(=O)NC2CC2)c1. The van der Waals surface area contributed by atoms with Crippen molar-refractivity contribution < 1.29 is 17.9 Å². The van der Waals surface area contributed by atoms with Crippen LogP contribution in [0.5, 0.6) is 5.75 Å². The molecule has 0 spiro atoms. The summed E-state index contributed by atoms with van der Waals surface area (Å²) in [6, 6.07) is 11.4. The molecule has 1 saturated carbocycles. The number of rotatable bonds is 7. The Bertz CT molecular complexity index is 927. The first-order chi connectivity index (χ1) is 12.4. The second kappa shape index (κ2) is 7.67. The van der Waals surface area contributed by atoms with E-state index >= 15 is 0 Å². The number of nitrogens with one attached hydrogen (secondary N) is 2. The lowest BCUT2D eigenvalue weighted by atomic mass is 10.2. The Balaban J connectivity index is 1.85. The summed E-state index contributed by atoms with van der Waals surface area (Å²) in [5, 5.41) is 2.88. The predicted molar refractivity (Wildman–Crippen MR) is 103 cm³/mol. The van der Waals surface area contributed by atoms with Crippen LogP contribution < -0.4 is 14.8 Å². The fraction of sp³-hybridized carbons (Fsp3) is 0.278. The molecular weight excluding hydrogens is 420 g/mol. The minimum absolute atomic E-state index is 0.0292. The first-order valence-electron chi connectivity index (χ1n) is 8.25. The van der Waals surface area contributed by atoms with E-state index < -0.39 is 10.0 Å². The molecule has 2 N–H and O–H groups in total. The van der Waals surface area contributed by atoms with Crippen LogP contribution in [0.1, 0.15) is 30.1 Å². The fourth-order valence-corrected chi connectivity index (χ4v) is 4.13. The molecule has 0 bridgehead atoms. The van der Waals surface area contributed by atoms with E-state index in [-0.39, 0.29) is 22.6 Å². The molecule has 0 saturated heterocycles. The topological polar surface area (TPSA) is 84.5 Å². The summed E-state index contributed by atoms with van der Waals surface area (Å²) in [5.41, 5.74) is 0.729. The molecule has 0 unspecified atom stereocenters. The number of carbonyl (C=O) groups excluding carboxylic acids is 1. The van der Waals surface area contributed by atoms with E-state index in [2.05, 4.69) is 26.0 Å². The van der Waals surface area contributed by atoms with Crippen LogP contribution in [-0.2, 0) is 10.0 Å². The van der Waals surface area contributed by atoms with Crippen LogP contribution in [0.2, 0.25) is 0 Å². The van der Waals surface area contributed by atoms with Crippen LogP contribution in [0.3, 0.4) is 0 Å². The number of hydrogen-bond acceptors (Lipinski definition) is 4. The second-order valence-electron chi connectivity index (χ2n) is 5.96. The van der Waals surface area contributed by atoms with Crippen molar-refractivity contribution in [2.45, 2.75) is 30.7 Å². The first kappa shape index (κ1) is 18.7. The monoisotopic (exact) mass is 438 g/mol. The van der Waals surface area contributed by atoms with E-state index in [1.165, 1.54) is 12.1 Å². The molecular formula is C18H19BrN2O4S. The maximum Gasteiger partial charge on any atom is 0.265 e. The van der Waals surface area contributed by atoms with Crippen molar-refractivity contribution in [3.05, 3.63) is 52.5 Å². The number of hydrogen-bond donors (Lipinski definition) is 2. The molecule has 1 aliphatic rings. The van der Waals surface area contributed by atoms with Crippen LogP contribution in [-0.4, -0.2) is 27.0 Å². The van der Waals surface area contributed by atoms with Gasteiger partial charge in [-0.25, -0.2) is 8.42 Å². The Morgan fingerprint density at radius 2 is 2.00 bits per heavy atom. The molecule has 0 aliphatic heterocycles. The Labute approximate surface area is 161 Å². The van der Waals surface area contributed by atoms with Gasteiger partial charge in [0.1, 0.15) is 10.6 Å². The molecule has 2 aromatic rings. The molecule has 6 nitrogen and oxygen atoms in total. The number of halogens is 1. The van der Waals surface area contributed by atoms with Gasteiger partial charge in [-0.3, -0.25) is 9.52 Å². The lowest BCUT2D eigenvalue weighted by Crippen LogP contribution is -2.25. The van der Waals surface area contributed by atoms with Gasteiger partial charge < -0.3 is 10.1 Å². The fourth-order valence-electron chi connectivity index (χ4n) is 2.40. The average molecular weight is 439 g/mol. The average Bonchev–Trinajstić information content (AvgIpc) is 3.40. The van der Waals surface area contributed by atoms with Crippen molar-refractivity contribution >= 4 is 37.5 Å². The molecule has 0 atom stereocenters. The number of carbonyl (C=O) groups is 1. The van der Waals surface area contributed by atoms with Crippen LogP contribution in [0.4, 0.5) is 5.69 Å². The zero-order chi connectivity index (χ0) is 18.7. The van der Waals surface area contributed by atoms with Crippen LogP contribution >= 0.6 is 15.9 Å². The Morgan fingerprint density at radius 3 is 2.69 bits per heavy atom. The summed E-state index contributed by atoms with van der Waals surface area (Å²) in [5.74, 6) is 0.0665. The molecule has 1 aliphatic carbocycles. The van der Waals surface area contributed by atoms with Gasteiger partial charge in [0.2, 0.25) is 0 Å². The van der Waals surface area contributed by atoms with E-state index in [4.69, 9.17) is 4.74 Å². The van der Waals surface area contributed by atoms with Gasteiger partial charge in [-0.15, -0.1) is 0 Å². The zero-order valence-corrected chi connectivity index (χ0v) is 16.6. The standard InChI is InChI=1S/C18H19BrN2O4S/c1-2-25-16-9-6-13(19)11-17(16)26(23,24)21-15-5-3-4-12(10-15)18(22)20-14-7-8-14/h3-6,9-11,14,21H,2,7-8H2,1H3,(H,20,22). The summed E-state index contributed by atoms with van der Waals surface area (Å²) < 4.78 is 34.2. The van der Waals surface area contributed by atoms with E-state index in [0.717, 1.165) is 12.8 Å². The lowest BCUT2D eigenvalue weighted by molar-refractivity contribution is 0.0951. The van der Waals surface area contributed by atoms with Gasteiger partial charge in [0.25, 0.3) is 15.9 Å². The van der Waals surface area contributed by atoms with Crippen LogP contribution in [0.15, 0.2) is 51.8 Å². The summed E-state index contributed by atoms with van der Waals surface area (Å²) >= 11 is 3.28.